The fraction of sp³-hybridized carbons (Fsp3) is 0.500. The monoisotopic (exact) mass is 215 g/mol. The summed E-state index contributed by atoms with van der Waals surface area (Å²) in [4.78, 5) is 14.4. The van der Waals surface area contributed by atoms with E-state index in [0.717, 1.165) is 32.2 Å². The number of hydrogen-bond donors (Lipinski definition) is 0. The minimum absolute atomic E-state index is 0.122. The van der Waals surface area contributed by atoms with Crippen LogP contribution < -0.4 is 0 Å². The van der Waals surface area contributed by atoms with Crippen molar-refractivity contribution in [3.05, 3.63) is 35.6 Å². The smallest absolute Gasteiger partial charge is 0.234 e. The van der Waals surface area contributed by atoms with Gasteiger partial charge in [0.15, 0.2) is 0 Å². The van der Waals surface area contributed by atoms with Crippen LogP contribution in [0.5, 0.6) is 0 Å². The van der Waals surface area contributed by atoms with Gasteiger partial charge in [-0.25, -0.2) is 0 Å². The van der Waals surface area contributed by atoms with Crippen LogP contribution in [0.3, 0.4) is 0 Å². The van der Waals surface area contributed by atoms with E-state index in [9.17, 15) is 4.79 Å². The number of carbonyl (C=O) groups excluding carboxylic acids is 1. The van der Waals surface area contributed by atoms with Gasteiger partial charge in [0.25, 0.3) is 0 Å². The zero-order valence-corrected chi connectivity index (χ0v) is 9.48. The molecular formula is C14H17NO. The topological polar surface area (TPSA) is 20.3 Å². The normalized spacial score (nSPS) is 28.9. The molecule has 0 bridgehead atoms. The summed E-state index contributed by atoms with van der Waals surface area (Å²) >= 11 is 0. The predicted octanol–water partition coefficient (Wildman–Crippen LogP) is 2.79. The molecule has 1 saturated heterocycles. The van der Waals surface area contributed by atoms with Crippen LogP contribution >= 0.6 is 0 Å². The lowest BCUT2D eigenvalue weighted by Gasteiger charge is -2.32. The van der Waals surface area contributed by atoms with Crippen molar-refractivity contribution >= 4 is 5.91 Å². The maximum absolute atomic E-state index is 12.4. The SMILES string of the molecule is O=C1C2CCC=CC2=CC=C2CCCCN12. The van der Waals surface area contributed by atoms with E-state index in [4.69, 9.17) is 0 Å². The predicted molar refractivity (Wildman–Crippen MR) is 63.6 cm³/mol. The molecule has 1 fully saturated rings. The van der Waals surface area contributed by atoms with E-state index in [2.05, 4.69) is 24.3 Å². The first-order chi connectivity index (χ1) is 7.86. The van der Waals surface area contributed by atoms with Crippen LogP contribution in [0.2, 0.25) is 0 Å². The fourth-order valence-corrected chi connectivity index (χ4v) is 2.86. The molecule has 1 amide bonds. The van der Waals surface area contributed by atoms with Gasteiger partial charge < -0.3 is 4.90 Å². The van der Waals surface area contributed by atoms with E-state index in [0.29, 0.717) is 5.91 Å². The molecule has 84 valence electrons. The van der Waals surface area contributed by atoms with Crippen LogP contribution in [-0.2, 0) is 4.79 Å². The van der Waals surface area contributed by atoms with Crippen molar-refractivity contribution in [3.8, 4) is 0 Å². The highest BCUT2D eigenvalue weighted by Crippen LogP contribution is 2.32. The third-order valence-electron chi connectivity index (χ3n) is 3.78. The van der Waals surface area contributed by atoms with Crippen molar-refractivity contribution in [3.63, 3.8) is 0 Å². The lowest BCUT2D eigenvalue weighted by atomic mass is 9.88. The zero-order valence-electron chi connectivity index (χ0n) is 9.48. The number of piperidine rings is 1. The Kier molecular flexibility index (Phi) is 2.43. The van der Waals surface area contributed by atoms with Crippen LogP contribution in [0.4, 0.5) is 0 Å². The number of amides is 1. The molecule has 1 unspecified atom stereocenters. The molecule has 1 aliphatic carbocycles. The summed E-state index contributed by atoms with van der Waals surface area (Å²) in [5.74, 6) is 0.455. The second-order valence-corrected chi connectivity index (χ2v) is 4.80. The number of rotatable bonds is 0. The molecule has 3 aliphatic rings. The summed E-state index contributed by atoms with van der Waals surface area (Å²) in [7, 11) is 0. The molecule has 0 radical (unpaired) electrons. The van der Waals surface area contributed by atoms with Gasteiger partial charge >= 0.3 is 0 Å². The summed E-state index contributed by atoms with van der Waals surface area (Å²) in [5.41, 5.74) is 2.43. The van der Waals surface area contributed by atoms with E-state index in [-0.39, 0.29) is 5.92 Å². The van der Waals surface area contributed by atoms with Crippen molar-refractivity contribution in [2.24, 2.45) is 5.92 Å². The van der Waals surface area contributed by atoms with Gasteiger partial charge in [-0.2, -0.15) is 0 Å². The average molecular weight is 215 g/mol. The Morgan fingerprint density at radius 1 is 1.25 bits per heavy atom. The second-order valence-electron chi connectivity index (χ2n) is 4.80. The van der Waals surface area contributed by atoms with Gasteiger partial charge in [-0.15, -0.1) is 0 Å². The molecule has 2 aliphatic heterocycles. The molecule has 2 nitrogen and oxygen atoms in total. The number of fused-ring (bicyclic) bond motifs is 2. The van der Waals surface area contributed by atoms with Crippen molar-refractivity contribution < 1.29 is 4.79 Å². The molecule has 16 heavy (non-hydrogen) atoms. The van der Waals surface area contributed by atoms with Gasteiger partial charge in [-0.3, -0.25) is 4.79 Å². The van der Waals surface area contributed by atoms with Crippen molar-refractivity contribution in [1.82, 2.24) is 4.90 Å². The lowest BCUT2D eigenvalue weighted by molar-refractivity contribution is -0.133. The van der Waals surface area contributed by atoms with Crippen LogP contribution in [0, 0.1) is 5.92 Å². The Hall–Kier alpha value is -1.31. The van der Waals surface area contributed by atoms with E-state index < -0.39 is 0 Å². The second kappa shape index (κ2) is 3.93. The molecule has 2 heterocycles. The van der Waals surface area contributed by atoms with Crippen molar-refractivity contribution in [2.75, 3.05) is 6.54 Å². The first-order valence-corrected chi connectivity index (χ1v) is 6.25. The molecule has 0 aromatic carbocycles. The third kappa shape index (κ3) is 1.53. The van der Waals surface area contributed by atoms with Gasteiger partial charge in [0.05, 0.1) is 5.92 Å². The highest BCUT2D eigenvalue weighted by molar-refractivity contribution is 5.85. The molecule has 0 aromatic heterocycles. The summed E-state index contributed by atoms with van der Waals surface area (Å²) in [5, 5.41) is 0. The summed E-state index contributed by atoms with van der Waals surface area (Å²) < 4.78 is 0. The van der Waals surface area contributed by atoms with Crippen LogP contribution in [0.15, 0.2) is 35.6 Å². The molecule has 0 saturated carbocycles. The number of carbonyl (C=O) groups is 1. The van der Waals surface area contributed by atoms with Crippen LogP contribution in [-0.4, -0.2) is 17.4 Å². The highest BCUT2D eigenvalue weighted by atomic mass is 16.2. The number of hydrogen-bond acceptors (Lipinski definition) is 1. The Balaban J connectivity index is 1.98. The molecule has 0 aromatic rings. The number of allylic oxidation sites excluding steroid dienone is 5. The largest absolute Gasteiger partial charge is 0.316 e. The van der Waals surface area contributed by atoms with Crippen LogP contribution in [0.25, 0.3) is 0 Å². The summed E-state index contributed by atoms with van der Waals surface area (Å²) in [6.45, 7) is 0.923. The minimum Gasteiger partial charge on any atom is -0.316 e. The average Bonchev–Trinajstić information content (AvgIpc) is 2.49. The van der Waals surface area contributed by atoms with Crippen molar-refractivity contribution in [1.29, 1.82) is 0 Å². The highest BCUT2D eigenvalue weighted by Gasteiger charge is 2.31. The zero-order chi connectivity index (χ0) is 11.0. The molecule has 3 rings (SSSR count). The fourth-order valence-electron chi connectivity index (χ4n) is 2.86. The lowest BCUT2D eigenvalue weighted by Crippen LogP contribution is -2.38. The molecular weight excluding hydrogens is 198 g/mol. The van der Waals surface area contributed by atoms with E-state index in [1.165, 1.54) is 17.7 Å². The Bertz CT molecular complexity index is 403. The van der Waals surface area contributed by atoms with Gasteiger partial charge in [0.1, 0.15) is 0 Å². The summed E-state index contributed by atoms with van der Waals surface area (Å²) in [6.07, 6.45) is 14.1. The van der Waals surface area contributed by atoms with Gasteiger partial charge in [-0.05, 0) is 43.8 Å². The summed E-state index contributed by atoms with van der Waals surface area (Å²) in [6, 6.07) is 0. The molecule has 0 N–H and O–H groups in total. The van der Waals surface area contributed by atoms with Gasteiger partial charge in [-0.1, -0.05) is 18.2 Å². The minimum atomic E-state index is 0.122. The van der Waals surface area contributed by atoms with E-state index in [1.54, 1.807) is 0 Å². The standard InChI is InChI=1S/C14H17NO/c16-14-13-7-2-1-5-11(13)8-9-12-6-3-4-10-15(12)14/h1,5,8-9,13H,2-4,6-7,10H2. The van der Waals surface area contributed by atoms with Crippen LogP contribution in [0.1, 0.15) is 32.1 Å². The quantitative estimate of drug-likeness (QED) is 0.608. The van der Waals surface area contributed by atoms with Gasteiger partial charge in [0, 0.05) is 12.2 Å². The number of nitrogens with zero attached hydrogens (tertiary/aromatic N) is 1. The maximum Gasteiger partial charge on any atom is 0.234 e. The molecule has 1 atom stereocenters. The Labute approximate surface area is 96.3 Å². The van der Waals surface area contributed by atoms with E-state index in [1.807, 2.05) is 4.90 Å². The Morgan fingerprint density at radius 2 is 2.19 bits per heavy atom. The van der Waals surface area contributed by atoms with Crippen molar-refractivity contribution in [2.45, 2.75) is 32.1 Å². The first-order valence-electron chi connectivity index (χ1n) is 6.25. The molecule has 2 heteroatoms. The maximum atomic E-state index is 12.4. The van der Waals surface area contributed by atoms with E-state index >= 15 is 0 Å². The third-order valence-corrected chi connectivity index (χ3v) is 3.78. The Morgan fingerprint density at radius 3 is 3.12 bits per heavy atom. The molecule has 0 spiro atoms. The first kappa shape index (κ1) is 9.88. The van der Waals surface area contributed by atoms with Gasteiger partial charge in [0.2, 0.25) is 5.91 Å².